The number of hydrogen-bond donors (Lipinski definition) is 2. The summed E-state index contributed by atoms with van der Waals surface area (Å²) in [6, 6.07) is 8.97. The molecule has 0 aromatic heterocycles. The zero-order valence-corrected chi connectivity index (χ0v) is 16.3. The van der Waals surface area contributed by atoms with Crippen LogP contribution in [0, 0.1) is 11.8 Å². The fraction of sp³-hybridized carbons (Fsp3) is 0.550. The van der Waals surface area contributed by atoms with Crippen LogP contribution in [0.4, 0.5) is 4.79 Å². The Morgan fingerprint density at radius 2 is 1.92 bits per heavy atom. The summed E-state index contributed by atoms with van der Waals surface area (Å²) in [5.74, 6) is 6.00. The van der Waals surface area contributed by atoms with Crippen molar-refractivity contribution in [2.24, 2.45) is 0 Å². The van der Waals surface area contributed by atoms with Crippen molar-refractivity contribution in [3.8, 4) is 11.8 Å². The summed E-state index contributed by atoms with van der Waals surface area (Å²) in [5.41, 5.74) is 0.363. The highest BCUT2D eigenvalue weighted by molar-refractivity contribution is 5.68. The van der Waals surface area contributed by atoms with Gasteiger partial charge in [0, 0.05) is 0 Å². The Balaban J connectivity index is 2.81. The van der Waals surface area contributed by atoms with Gasteiger partial charge in [-0.15, -0.1) is 0 Å². The lowest BCUT2D eigenvalue weighted by Crippen LogP contribution is -2.48. The molecule has 0 saturated carbocycles. The molecule has 1 rings (SSSR count). The van der Waals surface area contributed by atoms with Crippen molar-refractivity contribution in [1.82, 2.24) is 10.2 Å². The Bertz CT molecular complexity index is 600. The molecule has 6 nitrogen and oxygen atoms in total. The van der Waals surface area contributed by atoms with E-state index in [-0.39, 0.29) is 6.61 Å². The maximum Gasteiger partial charge on any atom is 0.408 e. The van der Waals surface area contributed by atoms with Gasteiger partial charge in [0.05, 0.1) is 25.8 Å². The molecule has 26 heavy (non-hydrogen) atoms. The molecule has 2 N–H and O–H groups in total. The first-order valence-corrected chi connectivity index (χ1v) is 8.60. The third-order valence-electron chi connectivity index (χ3n) is 3.18. The normalized spacial score (nSPS) is 13.5. The molecule has 2 atom stereocenters. The van der Waals surface area contributed by atoms with E-state index in [1.54, 1.807) is 20.8 Å². The topological polar surface area (TPSA) is 71.0 Å². The highest BCUT2D eigenvalue weighted by Crippen LogP contribution is 2.09. The molecule has 1 aromatic carbocycles. The smallest absolute Gasteiger partial charge is 0.408 e. The Morgan fingerprint density at radius 1 is 1.27 bits per heavy atom. The minimum Gasteiger partial charge on any atom is -0.444 e. The van der Waals surface area contributed by atoms with E-state index in [0.29, 0.717) is 13.2 Å². The van der Waals surface area contributed by atoms with Crippen LogP contribution in [0.2, 0.25) is 0 Å². The van der Waals surface area contributed by atoms with Crippen LogP contribution in [0.15, 0.2) is 30.3 Å². The van der Waals surface area contributed by atoms with E-state index < -0.39 is 23.8 Å². The van der Waals surface area contributed by atoms with Gasteiger partial charge in [-0.2, -0.15) is 0 Å². The predicted octanol–water partition coefficient (Wildman–Crippen LogP) is 2.02. The second-order valence-electron chi connectivity index (χ2n) is 7.21. The lowest BCUT2D eigenvalue weighted by molar-refractivity contribution is 0.0184. The third-order valence-corrected chi connectivity index (χ3v) is 3.18. The van der Waals surface area contributed by atoms with Crippen LogP contribution in [0.5, 0.6) is 0 Å². The van der Waals surface area contributed by atoms with Crippen molar-refractivity contribution in [3.05, 3.63) is 35.9 Å². The van der Waals surface area contributed by atoms with Crippen LogP contribution in [-0.4, -0.2) is 61.1 Å². The molecule has 0 unspecified atom stereocenters. The number of alkyl carbamates (subject to hydrolysis) is 1. The zero-order valence-electron chi connectivity index (χ0n) is 16.3. The largest absolute Gasteiger partial charge is 0.444 e. The molecule has 0 aliphatic heterocycles. The highest BCUT2D eigenvalue weighted by Gasteiger charge is 2.25. The Hall–Kier alpha value is -2.07. The number of nitrogens with one attached hydrogen (secondary N) is 1. The summed E-state index contributed by atoms with van der Waals surface area (Å²) in [5, 5.41) is 12.4. The molecule has 1 amide bonds. The van der Waals surface area contributed by atoms with E-state index in [9.17, 15) is 9.90 Å². The van der Waals surface area contributed by atoms with Gasteiger partial charge in [-0.3, -0.25) is 4.90 Å². The molecular formula is C20H30N2O4. The van der Waals surface area contributed by atoms with Crippen molar-refractivity contribution >= 4 is 6.09 Å². The lowest BCUT2D eigenvalue weighted by atomic mass is 10.1. The number of carbonyl (C=O) groups excluding carboxylic acids is 1. The number of rotatable bonds is 7. The van der Waals surface area contributed by atoms with Gasteiger partial charge in [-0.25, -0.2) is 4.79 Å². The van der Waals surface area contributed by atoms with Crippen LogP contribution >= 0.6 is 0 Å². The zero-order chi connectivity index (χ0) is 19.6. The van der Waals surface area contributed by atoms with Gasteiger partial charge in [0.2, 0.25) is 0 Å². The van der Waals surface area contributed by atoms with Crippen LogP contribution in [0.25, 0.3) is 0 Å². The quantitative estimate of drug-likeness (QED) is 0.726. The summed E-state index contributed by atoms with van der Waals surface area (Å²) < 4.78 is 11.1. The lowest BCUT2D eigenvalue weighted by Gasteiger charge is -2.26. The van der Waals surface area contributed by atoms with Gasteiger partial charge in [0.15, 0.2) is 0 Å². The van der Waals surface area contributed by atoms with Crippen LogP contribution in [0.3, 0.4) is 0 Å². The maximum atomic E-state index is 12.0. The molecular weight excluding hydrogens is 332 g/mol. The first-order chi connectivity index (χ1) is 12.2. The van der Waals surface area contributed by atoms with Gasteiger partial charge in [-0.05, 0) is 40.4 Å². The molecule has 0 radical (unpaired) electrons. The molecule has 0 bridgehead atoms. The summed E-state index contributed by atoms with van der Waals surface area (Å²) in [7, 11) is 3.83. The molecule has 1 aromatic rings. The van der Waals surface area contributed by atoms with Gasteiger partial charge in [0.1, 0.15) is 11.7 Å². The van der Waals surface area contributed by atoms with Gasteiger partial charge in [-0.1, -0.05) is 42.2 Å². The first-order valence-electron chi connectivity index (χ1n) is 8.60. The third kappa shape index (κ3) is 9.42. The highest BCUT2D eigenvalue weighted by atomic mass is 16.6. The van der Waals surface area contributed by atoms with Crippen molar-refractivity contribution in [1.29, 1.82) is 0 Å². The molecule has 0 aliphatic carbocycles. The Morgan fingerprint density at radius 3 is 2.46 bits per heavy atom. The Labute approximate surface area is 156 Å². The van der Waals surface area contributed by atoms with E-state index in [2.05, 4.69) is 17.2 Å². The van der Waals surface area contributed by atoms with Crippen molar-refractivity contribution < 1.29 is 19.4 Å². The van der Waals surface area contributed by atoms with Gasteiger partial charge < -0.3 is 19.9 Å². The first kappa shape index (κ1) is 22.0. The summed E-state index contributed by atoms with van der Waals surface area (Å²) in [6.07, 6.45) is -1.27. The minimum absolute atomic E-state index is 0.310. The van der Waals surface area contributed by atoms with E-state index >= 15 is 0 Å². The number of nitrogens with zero attached hydrogens (tertiary/aromatic N) is 1. The molecule has 0 fully saturated rings. The monoisotopic (exact) mass is 362 g/mol. The number of aliphatic hydroxyl groups excluding tert-OH is 1. The molecule has 6 heteroatoms. The van der Waals surface area contributed by atoms with Crippen molar-refractivity contribution in [2.45, 2.75) is 45.1 Å². The van der Waals surface area contributed by atoms with Crippen LogP contribution in [-0.2, 0) is 16.1 Å². The number of amides is 1. The molecule has 0 heterocycles. The average Bonchev–Trinajstić information content (AvgIpc) is 2.55. The molecule has 0 spiro atoms. The average molecular weight is 362 g/mol. The van der Waals surface area contributed by atoms with Crippen LogP contribution in [0.1, 0.15) is 26.3 Å². The molecule has 0 aliphatic rings. The number of benzene rings is 1. The maximum absolute atomic E-state index is 12.0. The predicted molar refractivity (Wildman–Crippen MR) is 102 cm³/mol. The number of carbonyl (C=O) groups is 1. The summed E-state index contributed by atoms with van der Waals surface area (Å²) in [4.78, 5) is 14.0. The van der Waals surface area contributed by atoms with E-state index in [1.807, 2.05) is 49.3 Å². The fourth-order valence-corrected chi connectivity index (χ4v) is 2.00. The fourth-order valence-electron chi connectivity index (χ4n) is 2.00. The van der Waals surface area contributed by atoms with E-state index in [1.165, 1.54) is 0 Å². The molecule has 0 saturated heterocycles. The van der Waals surface area contributed by atoms with E-state index in [0.717, 1.165) is 5.56 Å². The Kier molecular flexibility index (Phi) is 9.14. The second kappa shape index (κ2) is 10.8. The number of ether oxygens (including phenoxy) is 2. The number of aliphatic hydroxyl groups is 1. The van der Waals surface area contributed by atoms with Gasteiger partial charge in [0.25, 0.3) is 0 Å². The van der Waals surface area contributed by atoms with Crippen LogP contribution < -0.4 is 5.32 Å². The molecule has 144 valence electrons. The van der Waals surface area contributed by atoms with Crippen molar-refractivity contribution in [2.75, 3.05) is 27.2 Å². The number of hydrogen-bond acceptors (Lipinski definition) is 5. The summed E-state index contributed by atoms with van der Waals surface area (Å²) >= 11 is 0. The summed E-state index contributed by atoms with van der Waals surface area (Å²) in [6.45, 7) is 5.90. The van der Waals surface area contributed by atoms with Crippen molar-refractivity contribution in [3.63, 3.8) is 0 Å². The van der Waals surface area contributed by atoms with Gasteiger partial charge >= 0.3 is 6.09 Å². The minimum atomic E-state index is -0.691. The SMILES string of the molecule is CN(C)CC#C[C@@H](OCc1ccccc1)[C@@H](CO)NC(=O)OC(C)(C)C. The standard InChI is InChI=1S/C20H30N2O4/c1-20(2,3)26-19(24)21-17(14-23)18(12-9-13-22(4)5)25-15-16-10-7-6-8-11-16/h6-8,10-11,17-18,23H,13-15H2,1-5H3,(H,21,24)/t17-,18-/m1/s1. The van der Waals surface area contributed by atoms with E-state index in [4.69, 9.17) is 9.47 Å². The second-order valence-corrected chi connectivity index (χ2v) is 7.21.